The Morgan fingerprint density at radius 2 is 1.93 bits per heavy atom. The molecule has 1 fully saturated rings. The summed E-state index contributed by atoms with van der Waals surface area (Å²) >= 11 is 1.73. The van der Waals surface area contributed by atoms with Crippen LogP contribution in [-0.4, -0.2) is 43.8 Å². The van der Waals surface area contributed by atoms with Gasteiger partial charge in [0, 0.05) is 33.4 Å². The highest BCUT2D eigenvalue weighted by molar-refractivity contribution is 7.07. The highest BCUT2D eigenvalue weighted by Gasteiger charge is 2.14. The zero-order valence-electron chi connectivity index (χ0n) is 16.9. The van der Waals surface area contributed by atoms with Crippen LogP contribution in [0.5, 0.6) is 0 Å². The van der Waals surface area contributed by atoms with Crippen molar-refractivity contribution in [3.05, 3.63) is 57.8 Å². The lowest BCUT2D eigenvalue weighted by Gasteiger charge is -2.22. The molecule has 0 bridgehead atoms. The third kappa shape index (κ3) is 6.62. The summed E-state index contributed by atoms with van der Waals surface area (Å²) in [6.45, 7) is 6.78. The fourth-order valence-electron chi connectivity index (χ4n) is 3.16. The number of rotatable bonds is 8. The molecule has 0 aliphatic carbocycles. The first-order valence-corrected chi connectivity index (χ1v) is 11.0. The number of aliphatic imine (C=N–C) groups is 1. The maximum Gasteiger partial charge on any atom is 0.194 e. The molecule has 0 radical (unpaired) electrons. The minimum absolute atomic E-state index is 0.333. The van der Waals surface area contributed by atoms with Gasteiger partial charge >= 0.3 is 0 Å². The first-order valence-electron chi connectivity index (χ1n) is 10.0. The monoisotopic (exact) mass is 401 g/mol. The summed E-state index contributed by atoms with van der Waals surface area (Å²) in [6, 6.07) is 10.7. The van der Waals surface area contributed by atoms with Crippen LogP contribution >= 0.6 is 11.3 Å². The van der Waals surface area contributed by atoms with Crippen LogP contribution in [0, 0.1) is 0 Å². The standard InChI is InChI=1S/C22H31N3O2S/c1-3-23-22(25(2)15-20-10-13-28-17-20)24-14-18-4-6-19(7-5-18)16-27-21-8-11-26-12-9-21/h4-7,10,13,17,21H,3,8-9,11-12,14-16H2,1-2H3,(H,23,24). The molecule has 2 aromatic rings. The Morgan fingerprint density at radius 3 is 2.61 bits per heavy atom. The summed E-state index contributed by atoms with van der Waals surface area (Å²) in [5.74, 6) is 0.931. The van der Waals surface area contributed by atoms with E-state index in [-0.39, 0.29) is 0 Å². The Morgan fingerprint density at radius 1 is 1.18 bits per heavy atom. The van der Waals surface area contributed by atoms with E-state index >= 15 is 0 Å². The Hall–Kier alpha value is -1.89. The molecule has 1 saturated heterocycles. The van der Waals surface area contributed by atoms with Gasteiger partial charge in [0.15, 0.2) is 5.96 Å². The van der Waals surface area contributed by atoms with Crippen molar-refractivity contribution in [2.75, 3.05) is 26.8 Å². The maximum absolute atomic E-state index is 6.00. The molecule has 0 amide bonds. The van der Waals surface area contributed by atoms with Crippen LogP contribution in [0.15, 0.2) is 46.1 Å². The van der Waals surface area contributed by atoms with Crippen molar-refractivity contribution < 1.29 is 9.47 Å². The lowest BCUT2D eigenvalue weighted by molar-refractivity contribution is -0.0390. The molecule has 0 unspecified atom stereocenters. The number of hydrogen-bond acceptors (Lipinski definition) is 4. The van der Waals surface area contributed by atoms with Crippen LogP contribution < -0.4 is 5.32 Å². The van der Waals surface area contributed by atoms with E-state index < -0.39 is 0 Å². The molecule has 152 valence electrons. The van der Waals surface area contributed by atoms with Crippen molar-refractivity contribution in [2.45, 2.75) is 45.6 Å². The highest BCUT2D eigenvalue weighted by atomic mass is 32.1. The number of benzene rings is 1. The molecule has 1 aromatic carbocycles. The Labute approximate surface area is 172 Å². The van der Waals surface area contributed by atoms with E-state index in [2.05, 4.69) is 65.3 Å². The Bertz CT molecular complexity index is 710. The summed E-state index contributed by atoms with van der Waals surface area (Å²) in [5.41, 5.74) is 3.72. The molecule has 3 rings (SSSR count). The van der Waals surface area contributed by atoms with Crippen molar-refractivity contribution in [3.63, 3.8) is 0 Å². The van der Waals surface area contributed by atoms with E-state index in [0.717, 1.165) is 45.1 Å². The minimum Gasteiger partial charge on any atom is -0.381 e. The third-order valence-electron chi connectivity index (χ3n) is 4.78. The van der Waals surface area contributed by atoms with Gasteiger partial charge in [0.1, 0.15) is 0 Å². The molecule has 2 heterocycles. The molecule has 28 heavy (non-hydrogen) atoms. The van der Waals surface area contributed by atoms with Crippen LogP contribution in [0.4, 0.5) is 0 Å². The quantitative estimate of drug-likeness (QED) is 0.536. The SMILES string of the molecule is CCNC(=NCc1ccc(COC2CCOCC2)cc1)N(C)Cc1ccsc1. The van der Waals surface area contributed by atoms with E-state index in [1.807, 2.05) is 0 Å². The number of guanidine groups is 1. The molecule has 6 heteroatoms. The number of hydrogen-bond donors (Lipinski definition) is 1. The van der Waals surface area contributed by atoms with Gasteiger partial charge in [-0.1, -0.05) is 24.3 Å². The van der Waals surface area contributed by atoms with Crippen molar-refractivity contribution in [2.24, 2.45) is 4.99 Å². The zero-order chi connectivity index (χ0) is 19.6. The van der Waals surface area contributed by atoms with Gasteiger partial charge in [-0.2, -0.15) is 11.3 Å². The normalized spacial score (nSPS) is 15.6. The largest absolute Gasteiger partial charge is 0.381 e. The Balaban J connectivity index is 1.51. The molecule has 0 atom stereocenters. The van der Waals surface area contributed by atoms with Gasteiger partial charge in [0.2, 0.25) is 0 Å². The predicted octanol–water partition coefficient (Wildman–Crippen LogP) is 4.04. The summed E-state index contributed by atoms with van der Waals surface area (Å²) in [5, 5.41) is 7.68. The van der Waals surface area contributed by atoms with Crippen molar-refractivity contribution in [1.82, 2.24) is 10.2 Å². The molecule has 1 aromatic heterocycles. The lowest BCUT2D eigenvalue weighted by atomic mass is 10.1. The molecule has 1 N–H and O–H groups in total. The predicted molar refractivity (Wildman–Crippen MR) is 116 cm³/mol. The topological polar surface area (TPSA) is 46.1 Å². The van der Waals surface area contributed by atoms with Gasteiger partial charge in [0.25, 0.3) is 0 Å². The van der Waals surface area contributed by atoms with Gasteiger partial charge < -0.3 is 19.7 Å². The molecular formula is C22H31N3O2S. The smallest absolute Gasteiger partial charge is 0.194 e. The summed E-state index contributed by atoms with van der Waals surface area (Å²) in [4.78, 5) is 6.97. The van der Waals surface area contributed by atoms with Gasteiger partial charge in [-0.05, 0) is 53.3 Å². The van der Waals surface area contributed by atoms with E-state index in [9.17, 15) is 0 Å². The molecule has 0 saturated carbocycles. The fraction of sp³-hybridized carbons (Fsp3) is 0.500. The molecule has 5 nitrogen and oxygen atoms in total. The minimum atomic E-state index is 0.333. The van der Waals surface area contributed by atoms with Gasteiger partial charge in [0.05, 0.1) is 19.3 Å². The summed E-state index contributed by atoms with van der Waals surface area (Å²) < 4.78 is 11.4. The van der Waals surface area contributed by atoms with E-state index in [4.69, 9.17) is 14.5 Å². The van der Waals surface area contributed by atoms with Crippen LogP contribution in [0.3, 0.4) is 0 Å². The van der Waals surface area contributed by atoms with Crippen LogP contribution in [0.2, 0.25) is 0 Å². The number of thiophene rings is 1. The van der Waals surface area contributed by atoms with Gasteiger partial charge in [-0.3, -0.25) is 0 Å². The van der Waals surface area contributed by atoms with Gasteiger partial charge in [-0.15, -0.1) is 0 Å². The fourth-order valence-corrected chi connectivity index (χ4v) is 3.82. The van der Waals surface area contributed by atoms with E-state index in [1.54, 1.807) is 11.3 Å². The maximum atomic E-state index is 6.00. The second kappa shape index (κ2) is 11.2. The third-order valence-corrected chi connectivity index (χ3v) is 5.52. The van der Waals surface area contributed by atoms with Crippen LogP contribution in [0.25, 0.3) is 0 Å². The molecular weight excluding hydrogens is 370 g/mol. The van der Waals surface area contributed by atoms with E-state index in [1.165, 1.54) is 16.7 Å². The first kappa shape index (κ1) is 20.8. The van der Waals surface area contributed by atoms with Crippen LogP contribution in [-0.2, 0) is 29.2 Å². The van der Waals surface area contributed by atoms with Crippen molar-refractivity contribution in [3.8, 4) is 0 Å². The Kier molecular flexibility index (Phi) is 8.33. The summed E-state index contributed by atoms with van der Waals surface area (Å²) in [6.07, 6.45) is 2.33. The highest BCUT2D eigenvalue weighted by Crippen LogP contribution is 2.14. The summed E-state index contributed by atoms with van der Waals surface area (Å²) in [7, 11) is 2.08. The second-order valence-corrected chi connectivity index (χ2v) is 7.88. The number of nitrogens with zero attached hydrogens (tertiary/aromatic N) is 2. The second-order valence-electron chi connectivity index (χ2n) is 7.10. The number of nitrogens with one attached hydrogen (secondary N) is 1. The van der Waals surface area contributed by atoms with E-state index in [0.29, 0.717) is 19.3 Å². The molecule has 1 aliphatic heterocycles. The molecule has 0 spiro atoms. The number of ether oxygens (including phenoxy) is 2. The average molecular weight is 402 g/mol. The van der Waals surface area contributed by atoms with Crippen molar-refractivity contribution >= 4 is 17.3 Å². The van der Waals surface area contributed by atoms with Crippen molar-refractivity contribution in [1.29, 1.82) is 0 Å². The molecule has 1 aliphatic rings. The van der Waals surface area contributed by atoms with Gasteiger partial charge in [-0.25, -0.2) is 4.99 Å². The lowest BCUT2D eigenvalue weighted by Crippen LogP contribution is -2.38. The average Bonchev–Trinajstić information content (AvgIpc) is 3.24. The van der Waals surface area contributed by atoms with Crippen LogP contribution in [0.1, 0.15) is 36.5 Å². The first-order chi connectivity index (χ1) is 13.7. The zero-order valence-corrected chi connectivity index (χ0v) is 17.7.